The average molecular weight is 415 g/mol. The lowest BCUT2D eigenvalue weighted by Crippen LogP contribution is -2.25. The van der Waals surface area contributed by atoms with Gasteiger partial charge in [0.25, 0.3) is 5.91 Å². The van der Waals surface area contributed by atoms with Crippen LogP contribution in [0.3, 0.4) is 0 Å². The molecule has 0 aliphatic carbocycles. The van der Waals surface area contributed by atoms with Crippen LogP contribution in [0.4, 0.5) is 0 Å². The fourth-order valence-corrected chi connectivity index (χ4v) is 3.54. The fourth-order valence-electron chi connectivity index (χ4n) is 3.54. The van der Waals surface area contributed by atoms with Crippen molar-refractivity contribution in [3.8, 4) is 5.75 Å². The lowest BCUT2D eigenvalue weighted by Gasteiger charge is -2.11. The third kappa shape index (κ3) is 5.48. The Bertz CT molecular complexity index is 1110. The molecular formula is C25H26N4O2. The number of nitrogens with zero attached hydrogens (tertiary/aromatic N) is 3. The van der Waals surface area contributed by atoms with Crippen LogP contribution in [-0.2, 0) is 13.0 Å². The van der Waals surface area contributed by atoms with E-state index in [1.54, 1.807) is 24.5 Å². The minimum Gasteiger partial charge on any atom is -0.494 e. The summed E-state index contributed by atoms with van der Waals surface area (Å²) in [6, 6.07) is 21.6. The van der Waals surface area contributed by atoms with Crippen molar-refractivity contribution in [2.24, 2.45) is 0 Å². The molecular weight excluding hydrogens is 388 g/mol. The average Bonchev–Trinajstić information content (AvgIpc) is 3.18. The van der Waals surface area contributed by atoms with Crippen molar-refractivity contribution in [1.29, 1.82) is 0 Å². The minimum absolute atomic E-state index is 0.0975. The van der Waals surface area contributed by atoms with Gasteiger partial charge in [-0.2, -0.15) is 0 Å². The third-order valence-corrected chi connectivity index (χ3v) is 5.06. The number of para-hydroxylation sites is 3. The highest BCUT2D eigenvalue weighted by Crippen LogP contribution is 2.18. The SMILES string of the molecule is O=C(NCCCc1nc2ccccc2n1CCCOc1ccccc1)c1cccnc1. The zero-order chi connectivity index (χ0) is 21.3. The van der Waals surface area contributed by atoms with E-state index < -0.39 is 0 Å². The number of pyridine rings is 1. The maximum Gasteiger partial charge on any atom is 0.252 e. The molecule has 0 saturated heterocycles. The summed E-state index contributed by atoms with van der Waals surface area (Å²) < 4.78 is 8.11. The predicted molar refractivity (Wildman–Crippen MR) is 121 cm³/mol. The molecule has 0 atom stereocenters. The minimum atomic E-state index is -0.0975. The lowest BCUT2D eigenvalue weighted by molar-refractivity contribution is 0.0952. The smallest absolute Gasteiger partial charge is 0.252 e. The second-order valence-corrected chi connectivity index (χ2v) is 7.28. The molecule has 158 valence electrons. The molecule has 31 heavy (non-hydrogen) atoms. The van der Waals surface area contributed by atoms with E-state index in [4.69, 9.17) is 9.72 Å². The number of carbonyl (C=O) groups excluding carboxylic acids is 1. The molecule has 0 radical (unpaired) electrons. The number of aryl methyl sites for hydroxylation is 2. The van der Waals surface area contributed by atoms with Crippen molar-refractivity contribution in [2.45, 2.75) is 25.8 Å². The number of imidazole rings is 1. The van der Waals surface area contributed by atoms with Gasteiger partial charge < -0.3 is 14.6 Å². The first-order valence-corrected chi connectivity index (χ1v) is 10.6. The first-order chi connectivity index (χ1) is 15.3. The molecule has 0 bridgehead atoms. The quantitative estimate of drug-likeness (QED) is 0.394. The molecule has 0 saturated carbocycles. The molecule has 0 aliphatic heterocycles. The fraction of sp³-hybridized carbons (Fsp3) is 0.240. The molecule has 0 spiro atoms. The largest absolute Gasteiger partial charge is 0.494 e. The Morgan fingerprint density at radius 1 is 0.968 bits per heavy atom. The predicted octanol–water partition coefficient (Wildman–Crippen LogP) is 4.26. The van der Waals surface area contributed by atoms with E-state index in [0.717, 1.165) is 48.4 Å². The number of rotatable bonds is 10. The highest BCUT2D eigenvalue weighted by Gasteiger charge is 2.11. The monoisotopic (exact) mass is 414 g/mol. The van der Waals surface area contributed by atoms with Crippen LogP contribution in [0.2, 0.25) is 0 Å². The van der Waals surface area contributed by atoms with Crippen LogP contribution in [0.5, 0.6) is 5.75 Å². The molecule has 0 unspecified atom stereocenters. The van der Waals surface area contributed by atoms with Crippen LogP contribution in [0.1, 0.15) is 29.0 Å². The van der Waals surface area contributed by atoms with Gasteiger partial charge >= 0.3 is 0 Å². The van der Waals surface area contributed by atoms with E-state index >= 15 is 0 Å². The summed E-state index contributed by atoms with van der Waals surface area (Å²) in [5.74, 6) is 1.83. The summed E-state index contributed by atoms with van der Waals surface area (Å²) in [5.41, 5.74) is 2.71. The zero-order valence-corrected chi connectivity index (χ0v) is 17.4. The Morgan fingerprint density at radius 2 is 1.81 bits per heavy atom. The molecule has 6 heteroatoms. The summed E-state index contributed by atoms with van der Waals surface area (Å²) in [6.07, 6.45) is 5.73. The molecule has 4 rings (SSSR count). The van der Waals surface area contributed by atoms with Gasteiger partial charge in [0.15, 0.2) is 0 Å². The summed E-state index contributed by atoms with van der Waals surface area (Å²) in [4.78, 5) is 21.0. The van der Waals surface area contributed by atoms with Gasteiger partial charge in [-0.3, -0.25) is 9.78 Å². The Balaban J connectivity index is 1.33. The number of nitrogens with one attached hydrogen (secondary N) is 1. The van der Waals surface area contributed by atoms with Gasteiger partial charge in [-0.15, -0.1) is 0 Å². The van der Waals surface area contributed by atoms with Gasteiger partial charge in [-0.05, 0) is 49.2 Å². The van der Waals surface area contributed by atoms with Crippen LogP contribution in [0, 0.1) is 0 Å². The van der Waals surface area contributed by atoms with Crippen molar-refractivity contribution in [3.63, 3.8) is 0 Å². The Labute approximate surface area is 181 Å². The van der Waals surface area contributed by atoms with Gasteiger partial charge in [0, 0.05) is 31.9 Å². The van der Waals surface area contributed by atoms with Crippen LogP contribution < -0.4 is 10.1 Å². The van der Waals surface area contributed by atoms with Gasteiger partial charge in [0.1, 0.15) is 11.6 Å². The highest BCUT2D eigenvalue weighted by atomic mass is 16.5. The second-order valence-electron chi connectivity index (χ2n) is 7.28. The number of carbonyl (C=O) groups is 1. The van der Waals surface area contributed by atoms with E-state index in [0.29, 0.717) is 18.7 Å². The molecule has 2 aromatic carbocycles. The first-order valence-electron chi connectivity index (χ1n) is 10.6. The number of aromatic nitrogens is 3. The number of ether oxygens (including phenoxy) is 1. The standard InChI is InChI=1S/C25H26N4O2/c30-25(20-9-6-15-26-19-20)27-16-7-14-24-28-22-12-4-5-13-23(22)29(24)17-8-18-31-21-10-2-1-3-11-21/h1-6,9-13,15,19H,7-8,14,16-18H2,(H,27,30). The summed E-state index contributed by atoms with van der Waals surface area (Å²) in [5, 5.41) is 2.96. The molecule has 0 aliphatic rings. The molecule has 4 aromatic rings. The molecule has 2 aromatic heterocycles. The number of hydrogen-bond acceptors (Lipinski definition) is 4. The van der Waals surface area contributed by atoms with Crippen LogP contribution in [-0.4, -0.2) is 33.6 Å². The van der Waals surface area contributed by atoms with Gasteiger partial charge in [-0.1, -0.05) is 30.3 Å². The van der Waals surface area contributed by atoms with E-state index in [1.165, 1.54) is 0 Å². The molecule has 0 fully saturated rings. The van der Waals surface area contributed by atoms with E-state index in [2.05, 4.69) is 20.9 Å². The van der Waals surface area contributed by atoms with Crippen molar-refractivity contribution in [3.05, 3.63) is 90.5 Å². The molecule has 6 nitrogen and oxygen atoms in total. The van der Waals surface area contributed by atoms with Crippen molar-refractivity contribution >= 4 is 16.9 Å². The maximum atomic E-state index is 12.2. The summed E-state index contributed by atoms with van der Waals surface area (Å²) in [6.45, 7) is 2.08. The van der Waals surface area contributed by atoms with Gasteiger partial charge in [0.2, 0.25) is 0 Å². The Morgan fingerprint density at radius 3 is 2.65 bits per heavy atom. The van der Waals surface area contributed by atoms with Gasteiger partial charge in [-0.25, -0.2) is 4.98 Å². The zero-order valence-electron chi connectivity index (χ0n) is 17.4. The molecule has 2 heterocycles. The van der Waals surface area contributed by atoms with Crippen LogP contribution >= 0.6 is 0 Å². The molecule has 1 N–H and O–H groups in total. The van der Waals surface area contributed by atoms with Crippen molar-refractivity contribution in [1.82, 2.24) is 19.9 Å². The van der Waals surface area contributed by atoms with Crippen molar-refractivity contribution in [2.75, 3.05) is 13.2 Å². The van der Waals surface area contributed by atoms with Crippen LogP contribution in [0.15, 0.2) is 79.1 Å². The third-order valence-electron chi connectivity index (χ3n) is 5.06. The first kappa shape index (κ1) is 20.6. The topological polar surface area (TPSA) is 69.0 Å². The summed E-state index contributed by atoms with van der Waals surface area (Å²) in [7, 11) is 0. The summed E-state index contributed by atoms with van der Waals surface area (Å²) >= 11 is 0. The lowest BCUT2D eigenvalue weighted by atomic mass is 10.2. The van der Waals surface area contributed by atoms with Gasteiger partial charge in [0.05, 0.1) is 23.2 Å². The van der Waals surface area contributed by atoms with E-state index in [1.807, 2.05) is 48.5 Å². The molecule has 1 amide bonds. The van der Waals surface area contributed by atoms with E-state index in [9.17, 15) is 4.79 Å². The number of benzene rings is 2. The Hall–Kier alpha value is -3.67. The van der Waals surface area contributed by atoms with Crippen molar-refractivity contribution < 1.29 is 9.53 Å². The maximum absolute atomic E-state index is 12.2. The normalized spacial score (nSPS) is 10.8. The van der Waals surface area contributed by atoms with E-state index in [-0.39, 0.29) is 5.91 Å². The highest BCUT2D eigenvalue weighted by molar-refractivity contribution is 5.93. The number of fused-ring (bicyclic) bond motifs is 1. The number of amides is 1. The van der Waals surface area contributed by atoms with Crippen LogP contribution in [0.25, 0.3) is 11.0 Å². The Kier molecular flexibility index (Phi) is 6.90. The number of hydrogen-bond donors (Lipinski definition) is 1. The second kappa shape index (κ2) is 10.4.